The number of ketones is 1. The summed E-state index contributed by atoms with van der Waals surface area (Å²) in [5.41, 5.74) is 1.38. The Morgan fingerprint density at radius 2 is 1.74 bits per heavy atom. The summed E-state index contributed by atoms with van der Waals surface area (Å²) < 4.78 is 5.40. The van der Waals surface area contributed by atoms with Crippen molar-refractivity contribution in [1.29, 1.82) is 0 Å². The van der Waals surface area contributed by atoms with E-state index in [4.69, 9.17) is 16.3 Å². The topological polar surface area (TPSA) is 71.3 Å². The Kier molecular flexibility index (Phi) is 6.70. The van der Waals surface area contributed by atoms with Crippen LogP contribution in [0.3, 0.4) is 0 Å². The second-order valence-corrected chi connectivity index (χ2v) is 8.31. The first kappa shape index (κ1) is 21.6. The molecular formula is C24H26ClN2O4+. The first-order valence-electron chi connectivity index (χ1n) is 10.6. The molecule has 1 amide bonds. The number of hydrogen-bond donors (Lipinski definition) is 2. The fraction of sp³-hybridized carbons (Fsp3) is 0.333. The van der Waals surface area contributed by atoms with Crippen molar-refractivity contribution in [2.24, 2.45) is 0 Å². The lowest BCUT2D eigenvalue weighted by Crippen LogP contribution is -3.14. The zero-order valence-corrected chi connectivity index (χ0v) is 18.0. The van der Waals surface area contributed by atoms with Crippen LogP contribution >= 0.6 is 11.6 Å². The molecule has 2 aliphatic heterocycles. The summed E-state index contributed by atoms with van der Waals surface area (Å²) >= 11 is 5.96. The highest BCUT2D eigenvalue weighted by Crippen LogP contribution is 2.39. The van der Waals surface area contributed by atoms with Gasteiger partial charge in [-0.25, -0.2) is 0 Å². The number of ether oxygens (including phenoxy) is 1. The maximum atomic E-state index is 13.0. The van der Waals surface area contributed by atoms with E-state index >= 15 is 0 Å². The molecular weight excluding hydrogens is 416 g/mol. The van der Waals surface area contributed by atoms with Gasteiger partial charge in [0.25, 0.3) is 11.7 Å². The molecule has 2 saturated heterocycles. The monoisotopic (exact) mass is 441 g/mol. The highest BCUT2D eigenvalue weighted by Gasteiger charge is 2.45. The normalized spacial score (nSPS) is 21.6. The first-order valence-corrected chi connectivity index (χ1v) is 10.9. The molecule has 31 heavy (non-hydrogen) atoms. The van der Waals surface area contributed by atoms with E-state index in [1.807, 2.05) is 30.3 Å². The van der Waals surface area contributed by atoms with Crippen molar-refractivity contribution in [1.82, 2.24) is 4.90 Å². The molecule has 0 aromatic heterocycles. The first-order chi connectivity index (χ1) is 15.1. The Bertz CT molecular complexity index is 969. The standard InChI is InChI=1S/C24H25ClN2O4/c25-19-9-7-18(8-10-19)22(28)20-21(17-5-2-1-3-6-17)27(24(30)23(20)29)12-4-11-26-13-15-31-16-14-26/h1-3,5-10,21,28H,4,11-16H2/p+1/t21-/m1/s1. The SMILES string of the molecule is O=C1C(=O)N(CCC[NH+]2CCOCC2)[C@H](c2ccccc2)C1=C(O)c1ccc(Cl)cc1. The second kappa shape index (κ2) is 9.64. The van der Waals surface area contributed by atoms with E-state index in [1.165, 1.54) is 4.90 Å². The molecule has 1 atom stereocenters. The lowest BCUT2D eigenvalue weighted by molar-refractivity contribution is -0.908. The molecule has 162 valence electrons. The molecule has 2 heterocycles. The van der Waals surface area contributed by atoms with Gasteiger partial charge in [-0.2, -0.15) is 0 Å². The Morgan fingerprint density at radius 3 is 2.42 bits per heavy atom. The fourth-order valence-electron chi connectivity index (χ4n) is 4.27. The van der Waals surface area contributed by atoms with Gasteiger partial charge in [0.1, 0.15) is 18.8 Å². The summed E-state index contributed by atoms with van der Waals surface area (Å²) in [5.74, 6) is -1.40. The number of nitrogens with one attached hydrogen (secondary N) is 1. The van der Waals surface area contributed by atoms with E-state index in [2.05, 4.69) is 0 Å². The third-order valence-electron chi connectivity index (χ3n) is 5.90. The summed E-state index contributed by atoms with van der Waals surface area (Å²) in [4.78, 5) is 29.0. The van der Waals surface area contributed by atoms with Gasteiger partial charge >= 0.3 is 0 Å². The quantitative estimate of drug-likeness (QED) is 0.409. The summed E-state index contributed by atoms with van der Waals surface area (Å²) in [6.45, 7) is 4.78. The predicted octanol–water partition coefficient (Wildman–Crippen LogP) is 2.07. The predicted molar refractivity (Wildman–Crippen MR) is 118 cm³/mol. The van der Waals surface area contributed by atoms with Crippen LogP contribution in [0.2, 0.25) is 5.02 Å². The van der Waals surface area contributed by atoms with Crippen molar-refractivity contribution >= 4 is 29.1 Å². The molecule has 0 aliphatic carbocycles. The summed E-state index contributed by atoms with van der Waals surface area (Å²) in [6, 6.07) is 15.4. The van der Waals surface area contributed by atoms with Crippen LogP contribution in [-0.2, 0) is 14.3 Å². The number of quaternary nitrogens is 1. The zero-order chi connectivity index (χ0) is 21.8. The highest BCUT2D eigenvalue weighted by molar-refractivity contribution is 6.46. The fourth-order valence-corrected chi connectivity index (χ4v) is 4.39. The van der Waals surface area contributed by atoms with Gasteiger partial charge in [-0.1, -0.05) is 41.9 Å². The van der Waals surface area contributed by atoms with Gasteiger partial charge in [0.05, 0.1) is 31.4 Å². The van der Waals surface area contributed by atoms with Crippen LogP contribution in [0, 0.1) is 0 Å². The molecule has 0 saturated carbocycles. The molecule has 0 unspecified atom stereocenters. The number of carbonyl (C=O) groups is 2. The number of amides is 1. The van der Waals surface area contributed by atoms with Crippen LogP contribution in [0.5, 0.6) is 0 Å². The largest absolute Gasteiger partial charge is 0.507 e. The number of nitrogens with zero attached hydrogens (tertiary/aromatic N) is 1. The van der Waals surface area contributed by atoms with Crippen molar-refractivity contribution in [2.45, 2.75) is 12.5 Å². The minimum Gasteiger partial charge on any atom is -0.507 e. The van der Waals surface area contributed by atoms with E-state index in [9.17, 15) is 14.7 Å². The number of hydrogen-bond acceptors (Lipinski definition) is 4. The minimum absolute atomic E-state index is 0.122. The number of halogens is 1. The lowest BCUT2D eigenvalue weighted by Gasteiger charge is -2.27. The average molecular weight is 442 g/mol. The molecule has 2 aromatic carbocycles. The number of morpholine rings is 1. The van der Waals surface area contributed by atoms with E-state index < -0.39 is 17.7 Å². The van der Waals surface area contributed by atoms with Crippen LogP contribution in [0.25, 0.3) is 5.76 Å². The third-order valence-corrected chi connectivity index (χ3v) is 6.15. The zero-order valence-electron chi connectivity index (χ0n) is 17.2. The van der Waals surface area contributed by atoms with Crippen molar-refractivity contribution in [2.75, 3.05) is 39.4 Å². The van der Waals surface area contributed by atoms with Crippen LogP contribution in [0.4, 0.5) is 0 Å². The molecule has 2 N–H and O–H groups in total. The third kappa shape index (κ3) is 4.66. The van der Waals surface area contributed by atoms with Crippen molar-refractivity contribution in [3.8, 4) is 0 Å². The molecule has 4 rings (SSSR count). The van der Waals surface area contributed by atoms with E-state index in [0.29, 0.717) is 17.1 Å². The Morgan fingerprint density at radius 1 is 1.06 bits per heavy atom. The van der Waals surface area contributed by atoms with Crippen LogP contribution in [0.15, 0.2) is 60.2 Å². The Hall–Kier alpha value is -2.67. The lowest BCUT2D eigenvalue weighted by atomic mass is 9.95. The molecule has 2 aliphatic rings. The molecule has 0 spiro atoms. The summed E-state index contributed by atoms with van der Waals surface area (Å²) in [7, 11) is 0. The number of benzene rings is 2. The number of rotatable bonds is 6. The molecule has 7 heteroatoms. The van der Waals surface area contributed by atoms with Gasteiger partial charge in [0.15, 0.2) is 0 Å². The van der Waals surface area contributed by atoms with Gasteiger partial charge in [0.2, 0.25) is 0 Å². The second-order valence-electron chi connectivity index (χ2n) is 7.88. The minimum atomic E-state index is -0.653. The van der Waals surface area contributed by atoms with Gasteiger partial charge in [-0.15, -0.1) is 0 Å². The molecule has 0 radical (unpaired) electrons. The van der Waals surface area contributed by atoms with Gasteiger partial charge in [0, 0.05) is 23.6 Å². The number of carbonyl (C=O) groups excluding carboxylic acids is 2. The summed E-state index contributed by atoms with van der Waals surface area (Å²) in [5, 5.41) is 11.5. The van der Waals surface area contributed by atoms with Crippen molar-refractivity contribution < 1.29 is 24.3 Å². The number of likely N-dealkylation sites (tertiary alicyclic amines) is 1. The molecule has 6 nitrogen and oxygen atoms in total. The average Bonchev–Trinajstić information content (AvgIpc) is 3.05. The number of aliphatic hydroxyl groups is 1. The van der Waals surface area contributed by atoms with Crippen molar-refractivity contribution in [3.05, 3.63) is 76.3 Å². The van der Waals surface area contributed by atoms with Gasteiger partial charge in [-0.3, -0.25) is 9.59 Å². The molecule has 2 fully saturated rings. The maximum Gasteiger partial charge on any atom is 0.295 e. The maximum absolute atomic E-state index is 13.0. The smallest absolute Gasteiger partial charge is 0.295 e. The van der Waals surface area contributed by atoms with Crippen LogP contribution in [-0.4, -0.2) is 61.1 Å². The number of aliphatic hydroxyl groups excluding tert-OH is 1. The van der Waals surface area contributed by atoms with Gasteiger partial charge < -0.3 is 19.6 Å². The highest BCUT2D eigenvalue weighted by atomic mass is 35.5. The van der Waals surface area contributed by atoms with Gasteiger partial charge in [-0.05, 0) is 29.8 Å². The summed E-state index contributed by atoms with van der Waals surface area (Å²) in [6.07, 6.45) is 0.771. The van der Waals surface area contributed by atoms with E-state index in [0.717, 1.165) is 44.8 Å². The molecule has 2 aromatic rings. The van der Waals surface area contributed by atoms with E-state index in [-0.39, 0.29) is 11.3 Å². The van der Waals surface area contributed by atoms with Crippen LogP contribution in [0.1, 0.15) is 23.6 Å². The van der Waals surface area contributed by atoms with Crippen molar-refractivity contribution in [3.63, 3.8) is 0 Å². The van der Waals surface area contributed by atoms with Crippen LogP contribution < -0.4 is 4.90 Å². The Balaban J connectivity index is 1.64. The molecule has 0 bridgehead atoms. The number of Topliss-reactive ketones (excluding diaryl/α,β-unsaturated/α-hetero) is 1. The Labute approximate surface area is 186 Å². The van der Waals surface area contributed by atoms with E-state index in [1.54, 1.807) is 29.2 Å².